The molecule has 1 N–H and O–H groups in total. The van der Waals surface area contributed by atoms with Crippen LogP contribution in [0, 0.1) is 6.92 Å². The van der Waals surface area contributed by atoms with Gasteiger partial charge in [-0.15, -0.1) is 0 Å². The van der Waals surface area contributed by atoms with Crippen molar-refractivity contribution in [2.24, 2.45) is 0 Å². The van der Waals surface area contributed by atoms with Gasteiger partial charge in [0.1, 0.15) is 0 Å². The molecule has 0 unspecified atom stereocenters. The van der Waals surface area contributed by atoms with Crippen LogP contribution in [0.4, 0.5) is 0 Å². The number of aromatic nitrogens is 2. The molecule has 0 amide bonds. The van der Waals surface area contributed by atoms with Crippen LogP contribution in [0.2, 0.25) is 0 Å². The topological polar surface area (TPSA) is 75.2 Å². The van der Waals surface area contributed by atoms with Gasteiger partial charge in [-0.2, -0.15) is 4.31 Å². The number of aryl methyl sites for hydroxylation is 1. The highest BCUT2D eigenvalue weighted by atomic mass is 32.2. The summed E-state index contributed by atoms with van der Waals surface area (Å²) in [6, 6.07) is 1.89. The molecule has 0 bridgehead atoms. The molecule has 7 heteroatoms. The van der Waals surface area contributed by atoms with E-state index in [2.05, 4.69) is 15.3 Å². The van der Waals surface area contributed by atoms with E-state index in [0.717, 1.165) is 12.8 Å². The Kier molecular flexibility index (Phi) is 3.94. The molecule has 1 aromatic heterocycles. The molecule has 1 aliphatic heterocycles. The van der Waals surface area contributed by atoms with Gasteiger partial charge in [0.25, 0.3) is 15.2 Å². The van der Waals surface area contributed by atoms with E-state index in [1.165, 1.54) is 10.5 Å². The fraction of sp³-hybridized carbons (Fsp3) is 0.636. The standard InChI is InChI=1S/C11H18N4O2S/c1-9-5-6-13-11(14-9)18(16,17)15-7-3-4-10(8-15)12-2/h5-6,10,12H,3-4,7-8H2,1-2H3/t10-/m1/s1. The first-order chi connectivity index (χ1) is 8.54. The number of sulfonamides is 1. The predicted octanol–water partition coefficient (Wildman–Crippen LogP) is 0.158. The fourth-order valence-electron chi connectivity index (χ4n) is 2.06. The number of hydrogen-bond donors (Lipinski definition) is 1. The molecule has 0 saturated carbocycles. The Hall–Kier alpha value is -1.05. The summed E-state index contributed by atoms with van der Waals surface area (Å²) in [5.74, 6) is 0. The van der Waals surface area contributed by atoms with Gasteiger partial charge in [0.05, 0.1) is 0 Å². The van der Waals surface area contributed by atoms with Crippen LogP contribution in [0.5, 0.6) is 0 Å². The molecule has 2 rings (SSSR count). The van der Waals surface area contributed by atoms with Crippen molar-refractivity contribution in [1.82, 2.24) is 19.6 Å². The average Bonchev–Trinajstić information content (AvgIpc) is 2.39. The number of piperidine rings is 1. The monoisotopic (exact) mass is 270 g/mol. The van der Waals surface area contributed by atoms with Crippen molar-refractivity contribution in [2.45, 2.75) is 31.0 Å². The zero-order valence-electron chi connectivity index (χ0n) is 10.6. The van der Waals surface area contributed by atoms with Crippen molar-refractivity contribution in [2.75, 3.05) is 20.1 Å². The van der Waals surface area contributed by atoms with Crippen molar-refractivity contribution < 1.29 is 8.42 Å². The third-order valence-corrected chi connectivity index (χ3v) is 4.81. The lowest BCUT2D eigenvalue weighted by Gasteiger charge is -2.30. The van der Waals surface area contributed by atoms with Crippen molar-refractivity contribution in [3.05, 3.63) is 18.0 Å². The van der Waals surface area contributed by atoms with Crippen LogP contribution in [0.15, 0.2) is 17.4 Å². The van der Waals surface area contributed by atoms with Crippen molar-refractivity contribution in [1.29, 1.82) is 0 Å². The fourth-order valence-corrected chi connectivity index (χ4v) is 3.49. The second-order valence-corrected chi connectivity index (χ2v) is 6.30. The summed E-state index contributed by atoms with van der Waals surface area (Å²) < 4.78 is 26.2. The van der Waals surface area contributed by atoms with E-state index >= 15 is 0 Å². The quantitative estimate of drug-likeness (QED) is 0.792. The number of hydrogen-bond acceptors (Lipinski definition) is 5. The van der Waals surface area contributed by atoms with Gasteiger partial charge in [-0.3, -0.25) is 0 Å². The molecule has 6 nitrogen and oxygen atoms in total. The predicted molar refractivity (Wildman–Crippen MR) is 67.6 cm³/mol. The van der Waals surface area contributed by atoms with Gasteiger partial charge >= 0.3 is 0 Å². The minimum absolute atomic E-state index is 0.0979. The van der Waals surface area contributed by atoms with Crippen LogP contribution in [-0.2, 0) is 10.0 Å². The summed E-state index contributed by atoms with van der Waals surface area (Å²) >= 11 is 0. The maximum absolute atomic E-state index is 12.4. The minimum atomic E-state index is -3.56. The van der Waals surface area contributed by atoms with Crippen LogP contribution in [0.25, 0.3) is 0 Å². The first kappa shape index (κ1) is 13.4. The van der Waals surface area contributed by atoms with Crippen LogP contribution >= 0.6 is 0 Å². The summed E-state index contributed by atoms with van der Waals surface area (Å²) in [5.41, 5.74) is 0.658. The van der Waals surface area contributed by atoms with Gasteiger partial charge in [0.2, 0.25) is 0 Å². The van der Waals surface area contributed by atoms with Gasteiger partial charge in [-0.25, -0.2) is 18.4 Å². The van der Waals surface area contributed by atoms with Crippen LogP contribution in [0.3, 0.4) is 0 Å². The van der Waals surface area contributed by atoms with Gasteiger partial charge < -0.3 is 5.32 Å². The maximum atomic E-state index is 12.4. The molecule has 1 atom stereocenters. The lowest BCUT2D eigenvalue weighted by molar-refractivity contribution is 0.291. The molecule has 100 valence electrons. The van der Waals surface area contributed by atoms with Gasteiger partial charge in [0.15, 0.2) is 0 Å². The maximum Gasteiger partial charge on any atom is 0.278 e. The Labute approximate surface area is 107 Å². The smallest absolute Gasteiger partial charge is 0.278 e. The lowest BCUT2D eigenvalue weighted by Crippen LogP contribution is -2.47. The molecular formula is C11H18N4O2S. The van der Waals surface area contributed by atoms with E-state index in [0.29, 0.717) is 18.8 Å². The van der Waals surface area contributed by atoms with Gasteiger partial charge in [0, 0.05) is 31.0 Å². The zero-order chi connectivity index (χ0) is 13.2. The van der Waals surface area contributed by atoms with E-state index in [9.17, 15) is 8.42 Å². The van der Waals surface area contributed by atoms with E-state index < -0.39 is 10.0 Å². The number of likely N-dealkylation sites (N-methyl/N-ethyl adjacent to an activating group) is 1. The highest BCUT2D eigenvalue weighted by Gasteiger charge is 2.31. The molecule has 0 radical (unpaired) electrons. The lowest BCUT2D eigenvalue weighted by atomic mass is 10.1. The van der Waals surface area contributed by atoms with Crippen LogP contribution in [0.1, 0.15) is 18.5 Å². The molecule has 2 heterocycles. The molecular weight excluding hydrogens is 252 g/mol. The largest absolute Gasteiger partial charge is 0.316 e. The number of nitrogens with zero attached hydrogens (tertiary/aromatic N) is 3. The van der Waals surface area contributed by atoms with Gasteiger partial charge in [-0.1, -0.05) is 0 Å². The Balaban J connectivity index is 2.25. The summed E-state index contributed by atoms with van der Waals surface area (Å²) in [7, 11) is -1.71. The Bertz CT molecular complexity index is 518. The van der Waals surface area contributed by atoms with Crippen molar-refractivity contribution in [3.8, 4) is 0 Å². The number of rotatable bonds is 3. The Morgan fingerprint density at radius 1 is 1.50 bits per heavy atom. The van der Waals surface area contributed by atoms with Crippen LogP contribution in [-0.4, -0.2) is 48.9 Å². The van der Waals surface area contributed by atoms with E-state index in [1.54, 1.807) is 13.0 Å². The molecule has 18 heavy (non-hydrogen) atoms. The second kappa shape index (κ2) is 5.29. The average molecular weight is 270 g/mol. The molecule has 0 aromatic carbocycles. The highest BCUT2D eigenvalue weighted by molar-refractivity contribution is 7.88. The molecule has 0 spiro atoms. The van der Waals surface area contributed by atoms with Crippen LogP contribution < -0.4 is 5.32 Å². The summed E-state index contributed by atoms with van der Waals surface area (Å²) in [4.78, 5) is 7.89. The van der Waals surface area contributed by atoms with E-state index in [4.69, 9.17) is 0 Å². The minimum Gasteiger partial charge on any atom is -0.316 e. The Morgan fingerprint density at radius 3 is 2.94 bits per heavy atom. The second-order valence-electron chi connectivity index (χ2n) is 4.47. The molecule has 1 fully saturated rings. The van der Waals surface area contributed by atoms with E-state index in [-0.39, 0.29) is 11.2 Å². The molecule has 1 aliphatic rings. The third-order valence-electron chi connectivity index (χ3n) is 3.14. The van der Waals surface area contributed by atoms with E-state index in [1.807, 2.05) is 7.05 Å². The summed E-state index contributed by atoms with van der Waals surface area (Å²) in [6.45, 7) is 2.78. The summed E-state index contributed by atoms with van der Waals surface area (Å²) in [6.07, 6.45) is 3.34. The first-order valence-electron chi connectivity index (χ1n) is 6.01. The molecule has 0 aliphatic carbocycles. The van der Waals surface area contributed by atoms with Gasteiger partial charge in [-0.05, 0) is 32.9 Å². The zero-order valence-corrected chi connectivity index (χ0v) is 11.4. The highest BCUT2D eigenvalue weighted by Crippen LogP contribution is 2.18. The molecule has 1 saturated heterocycles. The third kappa shape index (κ3) is 2.68. The summed E-state index contributed by atoms with van der Waals surface area (Å²) in [5, 5.41) is 3.02. The Morgan fingerprint density at radius 2 is 2.28 bits per heavy atom. The SMILES string of the molecule is CN[C@@H]1CCCN(S(=O)(=O)c2nccc(C)n2)C1. The molecule has 1 aromatic rings. The number of nitrogens with one attached hydrogen (secondary N) is 1. The normalized spacial score (nSPS) is 22.0. The van der Waals surface area contributed by atoms with Crippen molar-refractivity contribution >= 4 is 10.0 Å². The first-order valence-corrected chi connectivity index (χ1v) is 7.45. The van der Waals surface area contributed by atoms with Crippen molar-refractivity contribution in [3.63, 3.8) is 0 Å².